The highest BCUT2D eigenvalue weighted by Gasteiger charge is 2.31. The first-order valence-corrected chi connectivity index (χ1v) is 7.39. The van der Waals surface area contributed by atoms with Crippen LogP contribution in [0.15, 0.2) is 24.3 Å². The highest BCUT2D eigenvalue weighted by molar-refractivity contribution is 6.32. The Bertz CT molecular complexity index is 647. The van der Waals surface area contributed by atoms with Crippen LogP contribution in [0.4, 0.5) is 0 Å². The van der Waals surface area contributed by atoms with E-state index in [-0.39, 0.29) is 11.5 Å². The fourth-order valence-electron chi connectivity index (χ4n) is 2.57. The lowest BCUT2D eigenvalue weighted by Crippen LogP contribution is -2.20. The van der Waals surface area contributed by atoms with Gasteiger partial charge in [0.25, 0.3) is 0 Å². The van der Waals surface area contributed by atoms with Gasteiger partial charge < -0.3 is 10.2 Å². The van der Waals surface area contributed by atoms with Crippen LogP contribution in [0.25, 0.3) is 0 Å². The molecule has 0 aliphatic rings. The predicted octanol–water partition coefficient (Wildman–Crippen LogP) is 5.35. The van der Waals surface area contributed by atoms with Crippen LogP contribution in [0.3, 0.4) is 0 Å². The zero-order valence-corrected chi connectivity index (χ0v) is 14.0. The van der Waals surface area contributed by atoms with Gasteiger partial charge in [-0.2, -0.15) is 0 Å². The monoisotopic (exact) mass is 324 g/mol. The Morgan fingerprint density at radius 2 is 1.10 bits per heavy atom. The highest BCUT2D eigenvalue weighted by atomic mass is 35.5. The van der Waals surface area contributed by atoms with Gasteiger partial charge >= 0.3 is 0 Å². The largest absolute Gasteiger partial charge is 0.506 e. The number of rotatable bonds is 2. The number of hydrogen-bond donors (Lipinski definition) is 2. The molecule has 21 heavy (non-hydrogen) atoms. The summed E-state index contributed by atoms with van der Waals surface area (Å²) in [5.74, 6) is 0.0635. The van der Waals surface area contributed by atoms with E-state index in [2.05, 4.69) is 0 Å². The van der Waals surface area contributed by atoms with Gasteiger partial charge in [-0.1, -0.05) is 49.2 Å². The minimum absolute atomic E-state index is 0.0318. The Labute approximate surface area is 135 Å². The zero-order valence-electron chi connectivity index (χ0n) is 12.5. The molecule has 112 valence electrons. The van der Waals surface area contributed by atoms with Gasteiger partial charge in [-0.3, -0.25) is 0 Å². The second kappa shape index (κ2) is 5.43. The van der Waals surface area contributed by atoms with Crippen LogP contribution in [0, 0.1) is 13.8 Å². The van der Waals surface area contributed by atoms with Crippen LogP contribution < -0.4 is 0 Å². The summed E-state index contributed by atoms with van der Waals surface area (Å²) in [6.45, 7) is 7.66. The smallest absolute Gasteiger partial charge is 0.138 e. The quantitative estimate of drug-likeness (QED) is 0.781. The van der Waals surface area contributed by atoms with E-state index in [4.69, 9.17) is 23.2 Å². The molecule has 0 aromatic heterocycles. The lowest BCUT2D eigenvalue weighted by molar-refractivity contribution is 0.435. The van der Waals surface area contributed by atoms with Gasteiger partial charge in [0, 0.05) is 16.5 Å². The van der Waals surface area contributed by atoms with Crippen LogP contribution in [-0.2, 0) is 5.41 Å². The summed E-state index contributed by atoms with van der Waals surface area (Å²) in [4.78, 5) is 0. The fraction of sp³-hybridized carbons (Fsp3) is 0.294. The highest BCUT2D eigenvalue weighted by Crippen LogP contribution is 2.45. The lowest BCUT2D eigenvalue weighted by Gasteiger charge is -2.29. The van der Waals surface area contributed by atoms with Crippen molar-refractivity contribution < 1.29 is 10.2 Å². The zero-order chi connectivity index (χ0) is 15.9. The summed E-state index contributed by atoms with van der Waals surface area (Å²) >= 11 is 12.2. The normalized spacial score (nSPS) is 11.7. The molecule has 2 rings (SSSR count). The van der Waals surface area contributed by atoms with Crippen LogP contribution in [-0.4, -0.2) is 10.2 Å². The first-order chi connectivity index (χ1) is 9.64. The molecule has 0 unspecified atom stereocenters. The summed E-state index contributed by atoms with van der Waals surface area (Å²) in [5.41, 5.74) is 2.56. The van der Waals surface area contributed by atoms with E-state index in [0.29, 0.717) is 21.2 Å². The van der Waals surface area contributed by atoms with E-state index in [0.717, 1.165) is 11.1 Å². The van der Waals surface area contributed by atoms with Gasteiger partial charge in [-0.15, -0.1) is 0 Å². The van der Waals surface area contributed by atoms with Gasteiger partial charge in [0.15, 0.2) is 0 Å². The van der Waals surface area contributed by atoms with Crippen LogP contribution in [0.2, 0.25) is 10.0 Å². The van der Waals surface area contributed by atoms with E-state index in [9.17, 15) is 10.2 Å². The van der Waals surface area contributed by atoms with E-state index in [1.54, 1.807) is 12.1 Å². The van der Waals surface area contributed by atoms with Gasteiger partial charge in [0.05, 0.1) is 10.0 Å². The molecule has 0 aliphatic carbocycles. The lowest BCUT2D eigenvalue weighted by atomic mass is 9.76. The summed E-state index contributed by atoms with van der Waals surface area (Å²) in [6.07, 6.45) is 0. The Balaban J connectivity index is 2.73. The van der Waals surface area contributed by atoms with Crippen LogP contribution >= 0.6 is 23.2 Å². The molecule has 0 saturated heterocycles. The molecule has 4 heteroatoms. The maximum Gasteiger partial charge on any atom is 0.138 e. The molecule has 0 bridgehead atoms. The molecule has 0 heterocycles. The third-order valence-corrected chi connectivity index (χ3v) is 4.34. The number of aryl methyl sites for hydroxylation is 2. The Morgan fingerprint density at radius 1 is 0.762 bits per heavy atom. The summed E-state index contributed by atoms with van der Waals surface area (Å²) in [5, 5.41) is 21.2. The Kier molecular flexibility index (Phi) is 4.14. The Hall–Kier alpha value is -1.38. The summed E-state index contributed by atoms with van der Waals surface area (Å²) < 4.78 is 0. The number of phenolic OH excluding ortho intramolecular Hbond substituents is 2. The third kappa shape index (κ3) is 2.83. The second-order valence-electron chi connectivity index (χ2n) is 5.91. The number of hydrogen-bond acceptors (Lipinski definition) is 2. The van der Waals surface area contributed by atoms with Crippen molar-refractivity contribution in [2.24, 2.45) is 0 Å². The SMILES string of the molecule is Cc1cc(Cl)c(O)c(C(C)(C)c2cc(C)cc(Cl)c2O)c1. The standard InChI is InChI=1S/C17H18Cl2O2/c1-9-5-11(15(20)13(18)7-9)17(3,4)12-6-10(2)8-14(19)16(12)21/h5-8,20-21H,1-4H3. The fourth-order valence-corrected chi connectivity index (χ4v) is 3.11. The van der Waals surface area contributed by atoms with Crippen molar-refractivity contribution >= 4 is 23.2 Å². The van der Waals surface area contributed by atoms with Crippen molar-refractivity contribution in [1.29, 1.82) is 0 Å². The molecule has 0 fully saturated rings. The van der Waals surface area contributed by atoms with Gasteiger partial charge in [-0.05, 0) is 37.1 Å². The van der Waals surface area contributed by atoms with E-state index < -0.39 is 5.41 Å². The van der Waals surface area contributed by atoms with Crippen molar-refractivity contribution in [2.75, 3.05) is 0 Å². The van der Waals surface area contributed by atoms with Crippen LogP contribution in [0.1, 0.15) is 36.1 Å². The average molecular weight is 325 g/mol. The van der Waals surface area contributed by atoms with Crippen molar-refractivity contribution in [2.45, 2.75) is 33.1 Å². The molecular formula is C17H18Cl2O2. The van der Waals surface area contributed by atoms with Gasteiger partial charge in [-0.25, -0.2) is 0 Å². The van der Waals surface area contributed by atoms with Gasteiger partial charge in [0.1, 0.15) is 11.5 Å². The first kappa shape index (κ1) is 16.0. The number of phenols is 2. The molecule has 0 aliphatic heterocycles. The molecule has 2 N–H and O–H groups in total. The minimum Gasteiger partial charge on any atom is -0.506 e. The average Bonchev–Trinajstić information content (AvgIpc) is 2.37. The number of aromatic hydroxyl groups is 2. The molecule has 0 radical (unpaired) electrons. The molecule has 2 nitrogen and oxygen atoms in total. The minimum atomic E-state index is -0.639. The maximum absolute atomic E-state index is 10.3. The molecule has 2 aromatic rings. The van der Waals surface area contributed by atoms with Crippen molar-refractivity contribution in [3.8, 4) is 11.5 Å². The predicted molar refractivity (Wildman–Crippen MR) is 87.8 cm³/mol. The van der Waals surface area contributed by atoms with Crippen molar-refractivity contribution in [3.63, 3.8) is 0 Å². The topological polar surface area (TPSA) is 40.5 Å². The van der Waals surface area contributed by atoms with Crippen molar-refractivity contribution in [3.05, 3.63) is 56.6 Å². The molecule has 2 aromatic carbocycles. The van der Waals surface area contributed by atoms with Crippen LogP contribution in [0.5, 0.6) is 11.5 Å². The number of halogens is 2. The van der Waals surface area contributed by atoms with Crippen molar-refractivity contribution in [1.82, 2.24) is 0 Å². The summed E-state index contributed by atoms with van der Waals surface area (Å²) in [7, 11) is 0. The van der Waals surface area contributed by atoms with E-state index in [1.165, 1.54) is 0 Å². The molecular weight excluding hydrogens is 307 g/mol. The van der Waals surface area contributed by atoms with Gasteiger partial charge in [0.2, 0.25) is 0 Å². The van der Waals surface area contributed by atoms with E-state index >= 15 is 0 Å². The number of benzene rings is 2. The molecule has 0 spiro atoms. The molecule has 0 amide bonds. The summed E-state index contributed by atoms with van der Waals surface area (Å²) in [6, 6.07) is 7.16. The maximum atomic E-state index is 10.3. The van der Waals surface area contributed by atoms with E-state index in [1.807, 2.05) is 39.8 Å². The molecule has 0 saturated carbocycles. The third-order valence-electron chi connectivity index (χ3n) is 3.76. The molecule has 0 atom stereocenters. The second-order valence-corrected chi connectivity index (χ2v) is 6.73. The Morgan fingerprint density at radius 3 is 1.43 bits per heavy atom. The first-order valence-electron chi connectivity index (χ1n) is 6.63.